The molecular weight excluding hydrogens is 319 g/mol. The van der Waals surface area contributed by atoms with Crippen LogP contribution >= 0.6 is 27.5 Å². The summed E-state index contributed by atoms with van der Waals surface area (Å²) in [5, 5.41) is 0.582. The fraction of sp³-hybridized carbons (Fsp3) is 0.0714. The fourth-order valence-electron chi connectivity index (χ4n) is 1.60. The van der Waals surface area contributed by atoms with Crippen LogP contribution in [0.25, 0.3) is 0 Å². The van der Waals surface area contributed by atoms with Crippen molar-refractivity contribution >= 4 is 33.3 Å². The zero-order valence-electron chi connectivity index (χ0n) is 9.29. The van der Waals surface area contributed by atoms with Crippen LogP contribution < -0.4 is 0 Å². The summed E-state index contributed by atoms with van der Waals surface area (Å²) in [6, 6.07) is 11.3. The minimum absolute atomic E-state index is 0.0713. The molecule has 2 aromatic carbocycles. The summed E-state index contributed by atoms with van der Waals surface area (Å²) in [5.74, 6) is -0.436. The first kappa shape index (κ1) is 13.2. The first-order valence-electron chi connectivity index (χ1n) is 5.29. The second-order valence-electron chi connectivity index (χ2n) is 3.82. The summed E-state index contributed by atoms with van der Waals surface area (Å²) < 4.78 is 13.6. The quantitative estimate of drug-likeness (QED) is 0.749. The number of carbonyl (C=O) groups is 1. The van der Waals surface area contributed by atoms with Crippen molar-refractivity contribution in [1.29, 1.82) is 0 Å². The zero-order chi connectivity index (χ0) is 13.1. The maximum absolute atomic E-state index is 13.3. The highest BCUT2D eigenvalue weighted by atomic mass is 79.9. The highest BCUT2D eigenvalue weighted by molar-refractivity contribution is 9.10. The third-order valence-electron chi connectivity index (χ3n) is 2.55. The van der Waals surface area contributed by atoms with Crippen molar-refractivity contribution in [3.63, 3.8) is 0 Å². The molecule has 0 heterocycles. The molecule has 0 amide bonds. The van der Waals surface area contributed by atoms with E-state index in [-0.39, 0.29) is 18.0 Å². The van der Waals surface area contributed by atoms with Crippen LogP contribution in [0.3, 0.4) is 0 Å². The normalized spacial score (nSPS) is 10.4. The lowest BCUT2D eigenvalue weighted by molar-refractivity contribution is 0.0993. The Labute approximate surface area is 118 Å². The smallest absolute Gasteiger partial charge is 0.167 e. The highest BCUT2D eigenvalue weighted by Crippen LogP contribution is 2.22. The van der Waals surface area contributed by atoms with Gasteiger partial charge in [-0.05, 0) is 51.8 Å². The third kappa shape index (κ3) is 2.98. The SMILES string of the molecule is O=C(Cc1cccc(F)c1Br)c1ccc(Cl)cc1. The number of hydrogen-bond acceptors (Lipinski definition) is 1. The third-order valence-corrected chi connectivity index (χ3v) is 3.69. The van der Waals surface area contributed by atoms with E-state index in [2.05, 4.69) is 15.9 Å². The van der Waals surface area contributed by atoms with Crippen molar-refractivity contribution in [3.05, 3.63) is 68.9 Å². The standard InChI is InChI=1S/C14H9BrClFO/c15-14-10(2-1-3-12(14)17)8-13(18)9-4-6-11(16)7-5-9/h1-7H,8H2. The second-order valence-corrected chi connectivity index (χ2v) is 5.05. The zero-order valence-corrected chi connectivity index (χ0v) is 11.6. The minimum atomic E-state index is -0.364. The van der Waals surface area contributed by atoms with Gasteiger partial charge in [0.1, 0.15) is 5.82 Å². The van der Waals surface area contributed by atoms with Crippen LogP contribution in [-0.2, 0) is 6.42 Å². The van der Waals surface area contributed by atoms with Crippen molar-refractivity contribution in [3.8, 4) is 0 Å². The van der Waals surface area contributed by atoms with E-state index in [0.29, 0.717) is 20.6 Å². The number of carbonyl (C=O) groups excluding carboxylic acids is 1. The van der Waals surface area contributed by atoms with E-state index in [1.807, 2.05) is 0 Å². The lowest BCUT2D eigenvalue weighted by atomic mass is 10.0. The molecule has 0 aliphatic carbocycles. The lowest BCUT2D eigenvalue weighted by Gasteiger charge is -2.05. The summed E-state index contributed by atoms with van der Waals surface area (Å²) in [6.45, 7) is 0. The first-order chi connectivity index (χ1) is 8.58. The van der Waals surface area contributed by atoms with Crippen LogP contribution in [0.5, 0.6) is 0 Å². The van der Waals surface area contributed by atoms with Crippen molar-refractivity contribution in [2.24, 2.45) is 0 Å². The molecular formula is C14H9BrClFO. The van der Waals surface area contributed by atoms with Gasteiger partial charge in [0.15, 0.2) is 5.78 Å². The van der Waals surface area contributed by atoms with E-state index >= 15 is 0 Å². The topological polar surface area (TPSA) is 17.1 Å². The summed E-state index contributed by atoms with van der Waals surface area (Å²) in [4.78, 5) is 12.0. The van der Waals surface area contributed by atoms with E-state index in [0.717, 1.165) is 0 Å². The molecule has 1 nitrogen and oxygen atoms in total. The Morgan fingerprint density at radius 2 is 1.83 bits per heavy atom. The molecule has 0 N–H and O–H groups in total. The molecule has 4 heteroatoms. The number of rotatable bonds is 3. The predicted molar refractivity (Wildman–Crippen MR) is 73.6 cm³/mol. The van der Waals surface area contributed by atoms with Crippen LogP contribution in [0, 0.1) is 5.82 Å². The van der Waals surface area contributed by atoms with Crippen LogP contribution in [0.1, 0.15) is 15.9 Å². The Morgan fingerprint density at radius 1 is 1.17 bits per heavy atom. The van der Waals surface area contributed by atoms with Gasteiger partial charge < -0.3 is 0 Å². The van der Waals surface area contributed by atoms with Gasteiger partial charge in [-0.3, -0.25) is 4.79 Å². The Kier molecular flexibility index (Phi) is 4.15. The molecule has 0 saturated heterocycles. The maximum Gasteiger partial charge on any atom is 0.167 e. The molecule has 0 aliphatic heterocycles. The molecule has 2 rings (SSSR count). The van der Waals surface area contributed by atoms with Crippen molar-refractivity contribution < 1.29 is 9.18 Å². The fourth-order valence-corrected chi connectivity index (χ4v) is 2.13. The van der Waals surface area contributed by atoms with Gasteiger partial charge in [0, 0.05) is 17.0 Å². The summed E-state index contributed by atoms with van der Waals surface area (Å²) in [6.07, 6.45) is 0.153. The Hall–Kier alpha value is -1.19. The molecule has 0 radical (unpaired) electrons. The van der Waals surface area contributed by atoms with Gasteiger partial charge in [-0.15, -0.1) is 0 Å². The van der Waals surface area contributed by atoms with Crippen LogP contribution in [-0.4, -0.2) is 5.78 Å². The first-order valence-corrected chi connectivity index (χ1v) is 6.46. The molecule has 0 fully saturated rings. The van der Waals surface area contributed by atoms with E-state index in [4.69, 9.17) is 11.6 Å². The highest BCUT2D eigenvalue weighted by Gasteiger charge is 2.11. The molecule has 0 spiro atoms. The van der Waals surface area contributed by atoms with Crippen LogP contribution in [0.2, 0.25) is 5.02 Å². The molecule has 92 valence electrons. The van der Waals surface area contributed by atoms with Gasteiger partial charge in [0.25, 0.3) is 0 Å². The molecule has 2 aromatic rings. The molecule has 0 atom stereocenters. The number of halogens is 3. The van der Waals surface area contributed by atoms with E-state index in [1.54, 1.807) is 36.4 Å². The van der Waals surface area contributed by atoms with Gasteiger partial charge >= 0.3 is 0 Å². The average Bonchev–Trinajstić information content (AvgIpc) is 2.36. The molecule has 0 saturated carbocycles. The van der Waals surface area contributed by atoms with Crippen LogP contribution in [0.4, 0.5) is 4.39 Å². The van der Waals surface area contributed by atoms with E-state index in [1.165, 1.54) is 6.07 Å². The number of benzene rings is 2. The van der Waals surface area contributed by atoms with Crippen LogP contribution in [0.15, 0.2) is 46.9 Å². The molecule has 18 heavy (non-hydrogen) atoms. The molecule has 0 aliphatic rings. The van der Waals surface area contributed by atoms with Gasteiger partial charge in [0.05, 0.1) is 4.47 Å². The number of hydrogen-bond donors (Lipinski definition) is 0. The van der Waals surface area contributed by atoms with Crippen molar-refractivity contribution in [2.45, 2.75) is 6.42 Å². The number of Topliss-reactive ketones (excluding diaryl/α,β-unsaturated/α-hetero) is 1. The molecule has 0 unspecified atom stereocenters. The largest absolute Gasteiger partial charge is 0.294 e. The minimum Gasteiger partial charge on any atom is -0.294 e. The van der Waals surface area contributed by atoms with E-state index in [9.17, 15) is 9.18 Å². The van der Waals surface area contributed by atoms with E-state index < -0.39 is 0 Å². The molecule has 0 aromatic heterocycles. The van der Waals surface area contributed by atoms with Gasteiger partial charge in [-0.25, -0.2) is 4.39 Å². The Balaban J connectivity index is 2.21. The van der Waals surface area contributed by atoms with Crippen molar-refractivity contribution in [1.82, 2.24) is 0 Å². The van der Waals surface area contributed by atoms with Gasteiger partial charge in [0.2, 0.25) is 0 Å². The molecule has 0 bridgehead atoms. The average molecular weight is 328 g/mol. The Bertz CT molecular complexity index is 581. The lowest BCUT2D eigenvalue weighted by Crippen LogP contribution is -2.04. The number of ketones is 1. The van der Waals surface area contributed by atoms with Crippen molar-refractivity contribution in [2.75, 3.05) is 0 Å². The Morgan fingerprint density at radius 3 is 2.50 bits per heavy atom. The van der Waals surface area contributed by atoms with Gasteiger partial charge in [-0.1, -0.05) is 23.7 Å². The summed E-state index contributed by atoms with van der Waals surface area (Å²) in [5.41, 5.74) is 1.20. The summed E-state index contributed by atoms with van der Waals surface area (Å²) >= 11 is 8.90. The predicted octanol–water partition coefficient (Wildman–Crippen LogP) is 4.67. The second kappa shape index (κ2) is 5.63. The maximum atomic E-state index is 13.3. The van der Waals surface area contributed by atoms with Gasteiger partial charge in [-0.2, -0.15) is 0 Å². The monoisotopic (exact) mass is 326 g/mol. The summed E-state index contributed by atoms with van der Waals surface area (Å²) in [7, 11) is 0.